The van der Waals surface area contributed by atoms with Crippen LogP contribution in [0.4, 0.5) is 19.0 Å². The predicted molar refractivity (Wildman–Crippen MR) is 117 cm³/mol. The highest BCUT2D eigenvalue weighted by Crippen LogP contribution is 2.34. The zero-order chi connectivity index (χ0) is 27.1. The number of phenols is 2. The Morgan fingerprint density at radius 3 is 2.59 bits per heavy atom. The van der Waals surface area contributed by atoms with Gasteiger partial charge in [0.2, 0.25) is 0 Å². The van der Waals surface area contributed by atoms with Gasteiger partial charge >= 0.3 is 6.18 Å². The number of rotatable bonds is 6. The van der Waals surface area contributed by atoms with Crippen LogP contribution in [-0.4, -0.2) is 82.7 Å². The smallest absolute Gasteiger partial charge is 0.454 e. The number of aliphatic hydroxyl groups is 2. The number of carbonyl (C=O) groups excluding carboxylic acids is 2. The topological polar surface area (TPSA) is 206 Å². The number of aromatic nitrogens is 4. The number of aromatic hydroxyl groups is 2. The van der Waals surface area contributed by atoms with Crippen LogP contribution in [0.25, 0.3) is 11.2 Å². The zero-order valence-corrected chi connectivity index (χ0v) is 18.5. The second kappa shape index (κ2) is 9.64. The summed E-state index contributed by atoms with van der Waals surface area (Å²) in [7, 11) is 0. The molecule has 7 N–H and O–H groups in total. The van der Waals surface area contributed by atoms with Crippen LogP contribution < -0.4 is 11.1 Å². The Balaban J connectivity index is 1.43. The van der Waals surface area contributed by atoms with E-state index in [2.05, 4.69) is 20.3 Å². The standard InChI is InChI=1S/C21H19F3N6O7/c22-21(23,24)16(35)8-4-9(13(32)10(31)5-8)19(36)26-3-1-2-11-14(33)15(34)20(37-11)30-7-29-12-17(25)27-6-28-18(12)30/h1-2,4-7,11,14-15,20,31-34H,3H2,(H,26,36)(H2,25,27,28)/b2-1+/t11-,14-,15-,20-/m1/s1. The number of alkyl halides is 3. The molecular formula is C21H19F3N6O7. The fourth-order valence-electron chi connectivity index (χ4n) is 3.67. The van der Waals surface area contributed by atoms with Gasteiger partial charge in [0.25, 0.3) is 11.7 Å². The molecule has 1 aliphatic rings. The molecule has 4 atom stereocenters. The van der Waals surface area contributed by atoms with E-state index < -0.39 is 65.0 Å². The van der Waals surface area contributed by atoms with E-state index in [1.807, 2.05) is 0 Å². The Bertz CT molecular complexity index is 1390. The maximum Gasteiger partial charge on any atom is 0.454 e. The fraction of sp³-hybridized carbons (Fsp3) is 0.286. The lowest BCUT2D eigenvalue weighted by Crippen LogP contribution is -2.31. The molecule has 13 nitrogen and oxygen atoms in total. The van der Waals surface area contributed by atoms with Gasteiger partial charge in [0, 0.05) is 12.1 Å². The van der Waals surface area contributed by atoms with Gasteiger partial charge in [-0.25, -0.2) is 15.0 Å². The van der Waals surface area contributed by atoms with E-state index in [0.29, 0.717) is 12.1 Å². The number of phenolic OH excluding ortho intramolecular Hbond substituents is 2. The van der Waals surface area contributed by atoms with E-state index in [9.17, 15) is 43.2 Å². The first-order valence-corrected chi connectivity index (χ1v) is 10.5. The van der Waals surface area contributed by atoms with Crippen LogP contribution in [0.1, 0.15) is 26.9 Å². The van der Waals surface area contributed by atoms with Crippen LogP contribution in [0.5, 0.6) is 11.5 Å². The molecule has 1 saturated heterocycles. The maximum absolute atomic E-state index is 12.7. The number of nitrogen functional groups attached to an aromatic ring is 1. The summed E-state index contributed by atoms with van der Waals surface area (Å²) in [5, 5.41) is 42.6. The Labute approximate surface area is 204 Å². The van der Waals surface area contributed by atoms with Crippen LogP contribution >= 0.6 is 0 Å². The average molecular weight is 524 g/mol. The number of anilines is 1. The molecule has 1 aromatic carbocycles. The van der Waals surface area contributed by atoms with E-state index in [0.717, 1.165) is 0 Å². The van der Waals surface area contributed by atoms with Crippen LogP contribution in [0.3, 0.4) is 0 Å². The van der Waals surface area contributed by atoms with E-state index in [1.54, 1.807) is 0 Å². The van der Waals surface area contributed by atoms with Crippen molar-refractivity contribution >= 4 is 28.7 Å². The first kappa shape index (κ1) is 25.8. The quantitative estimate of drug-likeness (QED) is 0.146. The molecule has 196 valence electrons. The number of benzene rings is 1. The molecule has 1 amide bonds. The molecular weight excluding hydrogens is 505 g/mol. The van der Waals surface area contributed by atoms with Crippen molar-refractivity contribution < 1.29 is 47.9 Å². The molecule has 37 heavy (non-hydrogen) atoms. The SMILES string of the molecule is Nc1ncnc2c1ncn2[C@@H]1O[C@H](/C=C/CNC(=O)c2cc(C(=O)C(F)(F)F)cc(O)c2O)[C@@H](O)[C@H]1O. The number of ketones is 1. The predicted octanol–water partition coefficient (Wildman–Crippen LogP) is 0.170. The fourth-order valence-corrected chi connectivity index (χ4v) is 3.67. The van der Waals surface area contributed by atoms with Crippen molar-refractivity contribution in [2.75, 3.05) is 12.3 Å². The third-order valence-electron chi connectivity index (χ3n) is 5.50. The van der Waals surface area contributed by atoms with Crippen molar-refractivity contribution in [1.82, 2.24) is 24.8 Å². The van der Waals surface area contributed by atoms with Crippen molar-refractivity contribution in [3.63, 3.8) is 0 Å². The van der Waals surface area contributed by atoms with Crippen LogP contribution in [-0.2, 0) is 4.74 Å². The normalized spacial score (nSPS) is 22.1. The number of hydrogen-bond acceptors (Lipinski definition) is 11. The largest absolute Gasteiger partial charge is 0.504 e. The number of nitrogens with two attached hydrogens (primary N) is 1. The molecule has 0 aliphatic carbocycles. The number of hydrogen-bond donors (Lipinski definition) is 6. The minimum atomic E-state index is -5.26. The molecule has 16 heteroatoms. The molecule has 1 fully saturated rings. The summed E-state index contributed by atoms with van der Waals surface area (Å²) >= 11 is 0. The first-order chi connectivity index (χ1) is 17.4. The lowest BCUT2D eigenvalue weighted by Gasteiger charge is -2.16. The van der Waals surface area contributed by atoms with Gasteiger partial charge in [-0.3, -0.25) is 14.2 Å². The van der Waals surface area contributed by atoms with Crippen molar-refractivity contribution in [2.24, 2.45) is 0 Å². The van der Waals surface area contributed by atoms with Crippen LogP contribution in [0, 0.1) is 0 Å². The van der Waals surface area contributed by atoms with E-state index >= 15 is 0 Å². The molecule has 3 aromatic rings. The molecule has 4 rings (SSSR count). The minimum absolute atomic E-state index is 0.108. The summed E-state index contributed by atoms with van der Waals surface area (Å²) in [5.41, 5.74) is 4.47. The van der Waals surface area contributed by atoms with Crippen molar-refractivity contribution in [1.29, 1.82) is 0 Å². The number of nitrogens with zero attached hydrogens (tertiary/aromatic N) is 4. The molecule has 3 heterocycles. The van der Waals surface area contributed by atoms with Gasteiger partial charge in [-0.1, -0.05) is 12.2 Å². The van der Waals surface area contributed by atoms with Gasteiger partial charge in [0.15, 0.2) is 29.2 Å². The minimum Gasteiger partial charge on any atom is -0.504 e. The maximum atomic E-state index is 12.7. The van der Waals surface area contributed by atoms with Crippen LogP contribution in [0.2, 0.25) is 0 Å². The number of aliphatic hydroxyl groups excluding tert-OH is 2. The average Bonchev–Trinajstić information content (AvgIpc) is 3.39. The number of Topliss-reactive ketones (excluding diaryl/α,β-unsaturated/α-hetero) is 1. The summed E-state index contributed by atoms with van der Waals surface area (Å²) in [6.07, 6.45) is -5.04. The number of carbonyl (C=O) groups is 2. The molecule has 1 aliphatic heterocycles. The van der Waals surface area contributed by atoms with Gasteiger partial charge < -0.3 is 36.2 Å². The van der Waals surface area contributed by atoms with Gasteiger partial charge in [-0.15, -0.1) is 0 Å². The van der Waals surface area contributed by atoms with Crippen molar-refractivity contribution in [3.8, 4) is 11.5 Å². The highest BCUT2D eigenvalue weighted by Gasteiger charge is 2.43. The number of halogens is 3. The summed E-state index contributed by atoms with van der Waals surface area (Å²) < 4.78 is 45.1. The summed E-state index contributed by atoms with van der Waals surface area (Å²) in [4.78, 5) is 35.7. The summed E-state index contributed by atoms with van der Waals surface area (Å²) in [6.45, 7) is -0.262. The number of imidazole rings is 1. The van der Waals surface area contributed by atoms with E-state index in [4.69, 9.17) is 10.5 Å². The molecule has 0 saturated carbocycles. The summed E-state index contributed by atoms with van der Waals surface area (Å²) in [6, 6.07) is 0.896. The monoisotopic (exact) mass is 524 g/mol. The highest BCUT2D eigenvalue weighted by atomic mass is 19.4. The second-order valence-electron chi connectivity index (χ2n) is 7.91. The summed E-state index contributed by atoms with van der Waals surface area (Å²) in [5.74, 6) is -5.40. The first-order valence-electron chi connectivity index (χ1n) is 10.5. The van der Waals surface area contributed by atoms with E-state index in [1.165, 1.54) is 29.4 Å². The molecule has 0 bridgehead atoms. The molecule has 0 unspecified atom stereocenters. The van der Waals surface area contributed by atoms with Gasteiger partial charge in [-0.05, 0) is 12.1 Å². The Hall–Kier alpha value is -4.28. The van der Waals surface area contributed by atoms with Gasteiger partial charge in [-0.2, -0.15) is 13.2 Å². The number of fused-ring (bicyclic) bond motifs is 1. The Kier molecular flexibility index (Phi) is 6.72. The van der Waals surface area contributed by atoms with Gasteiger partial charge in [0.1, 0.15) is 30.2 Å². The third-order valence-corrected chi connectivity index (χ3v) is 5.50. The van der Waals surface area contributed by atoms with E-state index in [-0.39, 0.29) is 23.5 Å². The lowest BCUT2D eigenvalue weighted by atomic mass is 10.0. The molecule has 0 radical (unpaired) electrons. The number of nitrogens with one attached hydrogen (secondary N) is 1. The van der Waals surface area contributed by atoms with Crippen molar-refractivity contribution in [2.45, 2.75) is 30.7 Å². The molecule has 0 spiro atoms. The Morgan fingerprint density at radius 2 is 1.89 bits per heavy atom. The van der Waals surface area contributed by atoms with Crippen LogP contribution in [0.15, 0.2) is 36.9 Å². The third kappa shape index (κ3) is 4.89. The Morgan fingerprint density at radius 1 is 1.16 bits per heavy atom. The lowest BCUT2D eigenvalue weighted by molar-refractivity contribution is -0.0885. The second-order valence-corrected chi connectivity index (χ2v) is 7.91. The highest BCUT2D eigenvalue weighted by molar-refractivity contribution is 6.05. The van der Waals surface area contributed by atoms with Gasteiger partial charge in [0.05, 0.1) is 11.9 Å². The number of ether oxygens (including phenoxy) is 1. The number of amides is 1. The van der Waals surface area contributed by atoms with Crippen molar-refractivity contribution in [3.05, 3.63) is 48.1 Å². The zero-order valence-electron chi connectivity index (χ0n) is 18.5. The molecule has 2 aromatic heterocycles.